The van der Waals surface area contributed by atoms with Gasteiger partial charge in [0.15, 0.2) is 0 Å². The Kier molecular flexibility index (Phi) is 3.72. The van der Waals surface area contributed by atoms with Crippen molar-refractivity contribution in [1.29, 1.82) is 0 Å². The lowest BCUT2D eigenvalue weighted by Gasteiger charge is -2.05. The van der Waals surface area contributed by atoms with Crippen LogP contribution < -0.4 is 15.2 Å². The molecule has 0 saturated carbocycles. The topological polar surface area (TPSA) is 62.3 Å². The fraction of sp³-hybridized carbons (Fsp3) is 0.308. The Morgan fingerprint density at radius 1 is 1.22 bits per heavy atom. The van der Waals surface area contributed by atoms with Crippen LogP contribution in [0, 0.1) is 0 Å². The van der Waals surface area contributed by atoms with Gasteiger partial charge in [-0.3, -0.25) is 4.68 Å². The van der Waals surface area contributed by atoms with Crippen LogP contribution in [0.15, 0.2) is 30.3 Å². The van der Waals surface area contributed by atoms with E-state index in [0.717, 1.165) is 23.7 Å². The van der Waals surface area contributed by atoms with Gasteiger partial charge in [-0.15, -0.1) is 0 Å². The molecule has 18 heavy (non-hydrogen) atoms. The van der Waals surface area contributed by atoms with E-state index in [1.807, 2.05) is 37.3 Å². The van der Waals surface area contributed by atoms with Crippen LogP contribution in [0.2, 0.25) is 0 Å². The molecule has 0 aliphatic carbocycles. The predicted molar refractivity (Wildman–Crippen MR) is 69.6 cm³/mol. The van der Waals surface area contributed by atoms with Crippen LogP contribution in [0.5, 0.6) is 11.5 Å². The van der Waals surface area contributed by atoms with Crippen LogP contribution in [-0.4, -0.2) is 16.9 Å². The number of hydrogen-bond acceptors (Lipinski definition) is 4. The van der Waals surface area contributed by atoms with Crippen LogP contribution in [0.3, 0.4) is 0 Å². The van der Waals surface area contributed by atoms with E-state index < -0.39 is 0 Å². The predicted octanol–water partition coefficient (Wildman–Crippen LogP) is 2.07. The molecule has 2 aromatic rings. The molecule has 0 radical (unpaired) electrons. The van der Waals surface area contributed by atoms with E-state index >= 15 is 0 Å². The standard InChI is InChI=1S/C13H17N3O2/c1-3-16-13(14)8-10(15-16)9-18-12-6-4-11(17-2)5-7-12/h4-8H,3,9,14H2,1-2H3. The minimum absolute atomic E-state index is 0.406. The molecule has 0 spiro atoms. The average Bonchev–Trinajstić information content (AvgIpc) is 2.77. The smallest absolute Gasteiger partial charge is 0.132 e. The monoisotopic (exact) mass is 247 g/mol. The highest BCUT2D eigenvalue weighted by Crippen LogP contribution is 2.18. The summed E-state index contributed by atoms with van der Waals surface area (Å²) in [5, 5.41) is 4.32. The Bertz CT molecular complexity index is 505. The molecule has 1 aromatic carbocycles. The molecule has 0 bridgehead atoms. The minimum Gasteiger partial charge on any atom is -0.497 e. The van der Waals surface area contributed by atoms with Crippen molar-refractivity contribution in [2.75, 3.05) is 12.8 Å². The fourth-order valence-electron chi connectivity index (χ4n) is 1.64. The summed E-state index contributed by atoms with van der Waals surface area (Å²) < 4.78 is 12.4. The molecule has 5 nitrogen and oxygen atoms in total. The first-order valence-corrected chi connectivity index (χ1v) is 5.82. The summed E-state index contributed by atoms with van der Waals surface area (Å²) in [6.07, 6.45) is 0. The Hall–Kier alpha value is -2.17. The average molecular weight is 247 g/mol. The lowest BCUT2D eigenvalue weighted by molar-refractivity contribution is 0.299. The molecule has 1 heterocycles. The van der Waals surface area contributed by atoms with Crippen LogP contribution in [0.1, 0.15) is 12.6 Å². The Morgan fingerprint density at radius 3 is 2.44 bits per heavy atom. The second-order valence-corrected chi connectivity index (χ2v) is 3.84. The molecular formula is C13H17N3O2. The van der Waals surface area contributed by atoms with E-state index in [1.54, 1.807) is 11.8 Å². The van der Waals surface area contributed by atoms with Crippen molar-refractivity contribution >= 4 is 5.82 Å². The number of benzene rings is 1. The maximum atomic E-state index is 5.79. The van der Waals surface area contributed by atoms with E-state index in [4.69, 9.17) is 15.2 Å². The third-order valence-corrected chi connectivity index (χ3v) is 2.61. The van der Waals surface area contributed by atoms with E-state index in [9.17, 15) is 0 Å². The van der Waals surface area contributed by atoms with Crippen LogP contribution >= 0.6 is 0 Å². The molecule has 2 rings (SSSR count). The van der Waals surface area contributed by atoms with Gasteiger partial charge in [0, 0.05) is 12.6 Å². The summed E-state index contributed by atoms with van der Waals surface area (Å²) in [5.41, 5.74) is 6.61. The molecule has 0 aliphatic heterocycles. The molecule has 0 atom stereocenters. The van der Waals surface area contributed by atoms with Crippen molar-refractivity contribution in [3.05, 3.63) is 36.0 Å². The van der Waals surface area contributed by atoms with Crippen molar-refractivity contribution in [3.8, 4) is 11.5 Å². The molecule has 0 aliphatic rings. The number of ether oxygens (including phenoxy) is 2. The van der Waals surface area contributed by atoms with Gasteiger partial charge in [-0.25, -0.2) is 0 Å². The maximum absolute atomic E-state index is 5.79. The highest BCUT2D eigenvalue weighted by Gasteiger charge is 2.04. The molecule has 0 amide bonds. The number of aromatic nitrogens is 2. The van der Waals surface area contributed by atoms with Crippen LogP contribution in [0.4, 0.5) is 5.82 Å². The highest BCUT2D eigenvalue weighted by molar-refractivity contribution is 5.32. The molecular weight excluding hydrogens is 230 g/mol. The number of nitrogens with zero attached hydrogens (tertiary/aromatic N) is 2. The summed E-state index contributed by atoms with van der Waals surface area (Å²) >= 11 is 0. The lowest BCUT2D eigenvalue weighted by atomic mass is 10.3. The number of anilines is 1. The van der Waals surface area contributed by atoms with Gasteiger partial charge in [-0.1, -0.05) is 0 Å². The lowest BCUT2D eigenvalue weighted by Crippen LogP contribution is -2.02. The van der Waals surface area contributed by atoms with Gasteiger partial charge in [-0.2, -0.15) is 5.10 Å². The maximum Gasteiger partial charge on any atom is 0.132 e. The zero-order valence-electron chi connectivity index (χ0n) is 10.6. The van der Waals surface area contributed by atoms with Crippen LogP contribution in [0.25, 0.3) is 0 Å². The Morgan fingerprint density at radius 2 is 1.89 bits per heavy atom. The van der Waals surface area contributed by atoms with Crippen LogP contribution in [-0.2, 0) is 13.2 Å². The second-order valence-electron chi connectivity index (χ2n) is 3.84. The summed E-state index contributed by atoms with van der Waals surface area (Å²) in [7, 11) is 1.63. The summed E-state index contributed by atoms with van der Waals surface area (Å²) in [6, 6.07) is 9.26. The third-order valence-electron chi connectivity index (χ3n) is 2.61. The number of methoxy groups -OCH3 is 1. The third kappa shape index (κ3) is 2.74. The zero-order chi connectivity index (χ0) is 13.0. The molecule has 96 valence electrons. The van der Waals surface area contributed by atoms with Gasteiger partial charge in [0.2, 0.25) is 0 Å². The summed E-state index contributed by atoms with van der Waals surface area (Å²) in [6.45, 7) is 3.16. The number of hydrogen-bond donors (Lipinski definition) is 1. The van der Waals surface area contributed by atoms with Gasteiger partial charge >= 0.3 is 0 Å². The van der Waals surface area contributed by atoms with Crippen molar-refractivity contribution < 1.29 is 9.47 Å². The first-order chi connectivity index (χ1) is 8.72. The summed E-state index contributed by atoms with van der Waals surface area (Å²) in [5.74, 6) is 2.24. The second kappa shape index (κ2) is 5.44. The Balaban J connectivity index is 1.97. The molecule has 0 saturated heterocycles. The van der Waals surface area contributed by atoms with Gasteiger partial charge in [0.1, 0.15) is 29.6 Å². The normalized spacial score (nSPS) is 10.3. The number of nitrogens with two attached hydrogens (primary N) is 1. The molecule has 1 aromatic heterocycles. The number of aryl methyl sites for hydroxylation is 1. The number of rotatable bonds is 5. The van der Waals surface area contributed by atoms with E-state index in [2.05, 4.69) is 5.10 Å². The molecule has 5 heteroatoms. The number of nitrogen functional groups attached to an aromatic ring is 1. The minimum atomic E-state index is 0.406. The van der Waals surface area contributed by atoms with Gasteiger partial charge in [0.25, 0.3) is 0 Å². The van der Waals surface area contributed by atoms with E-state index in [1.165, 1.54) is 0 Å². The fourth-order valence-corrected chi connectivity index (χ4v) is 1.64. The summed E-state index contributed by atoms with van der Waals surface area (Å²) in [4.78, 5) is 0. The van der Waals surface area contributed by atoms with Crippen molar-refractivity contribution in [2.45, 2.75) is 20.1 Å². The largest absolute Gasteiger partial charge is 0.497 e. The zero-order valence-corrected chi connectivity index (χ0v) is 10.6. The van der Waals surface area contributed by atoms with Gasteiger partial charge in [0.05, 0.1) is 7.11 Å². The molecule has 0 fully saturated rings. The first-order valence-electron chi connectivity index (χ1n) is 5.82. The van der Waals surface area contributed by atoms with Gasteiger partial charge in [-0.05, 0) is 31.2 Å². The quantitative estimate of drug-likeness (QED) is 0.878. The van der Waals surface area contributed by atoms with Crippen molar-refractivity contribution in [2.24, 2.45) is 0 Å². The van der Waals surface area contributed by atoms with Gasteiger partial charge < -0.3 is 15.2 Å². The molecule has 2 N–H and O–H groups in total. The highest BCUT2D eigenvalue weighted by atomic mass is 16.5. The van der Waals surface area contributed by atoms with Crippen molar-refractivity contribution in [3.63, 3.8) is 0 Å². The van der Waals surface area contributed by atoms with E-state index in [0.29, 0.717) is 12.4 Å². The molecule has 0 unspecified atom stereocenters. The first kappa shape index (κ1) is 12.3. The Labute approximate surface area is 106 Å². The van der Waals surface area contributed by atoms with E-state index in [-0.39, 0.29) is 0 Å². The van der Waals surface area contributed by atoms with Crippen molar-refractivity contribution in [1.82, 2.24) is 9.78 Å². The SMILES string of the molecule is CCn1nc(COc2ccc(OC)cc2)cc1N.